The van der Waals surface area contributed by atoms with Crippen molar-refractivity contribution in [1.82, 2.24) is 0 Å². The molecule has 0 amide bonds. The molecular formula is C16H9BrS. The standard InChI is InChI=1S/C16H9BrS/c17-14-6-3-4-10-8-16-13(9-12(10)14)11-5-1-2-7-15(11)18-16/h1-9H. The quantitative estimate of drug-likeness (QED) is 0.375. The number of hydrogen-bond acceptors (Lipinski definition) is 1. The third-order valence-electron chi connectivity index (χ3n) is 3.32. The Hall–Kier alpha value is -1.38. The second kappa shape index (κ2) is 3.81. The number of thiophene rings is 1. The second-order valence-electron chi connectivity index (χ2n) is 4.41. The van der Waals surface area contributed by atoms with Crippen LogP contribution in [-0.4, -0.2) is 0 Å². The highest BCUT2D eigenvalue weighted by atomic mass is 79.9. The summed E-state index contributed by atoms with van der Waals surface area (Å²) >= 11 is 5.51. The van der Waals surface area contributed by atoms with Crippen LogP contribution in [0.1, 0.15) is 0 Å². The highest BCUT2D eigenvalue weighted by Gasteiger charge is 2.07. The van der Waals surface area contributed by atoms with Gasteiger partial charge in [0, 0.05) is 24.6 Å². The van der Waals surface area contributed by atoms with Crippen LogP contribution in [0, 0.1) is 0 Å². The van der Waals surface area contributed by atoms with Crippen molar-refractivity contribution in [2.24, 2.45) is 0 Å². The molecule has 0 aliphatic heterocycles. The van der Waals surface area contributed by atoms with Crippen molar-refractivity contribution in [3.05, 3.63) is 59.1 Å². The Morgan fingerprint density at radius 3 is 2.56 bits per heavy atom. The van der Waals surface area contributed by atoms with Gasteiger partial charge in [-0.2, -0.15) is 0 Å². The predicted octanol–water partition coefficient (Wildman–Crippen LogP) is 5.97. The summed E-state index contributed by atoms with van der Waals surface area (Å²) in [6.07, 6.45) is 0. The molecule has 0 unspecified atom stereocenters. The summed E-state index contributed by atoms with van der Waals surface area (Å²) < 4.78 is 3.89. The van der Waals surface area contributed by atoms with Crippen LogP contribution in [0.5, 0.6) is 0 Å². The number of hydrogen-bond donors (Lipinski definition) is 0. The minimum atomic E-state index is 1.16. The van der Waals surface area contributed by atoms with E-state index in [1.54, 1.807) is 0 Å². The molecule has 4 aromatic rings. The Labute approximate surface area is 117 Å². The molecule has 0 aliphatic carbocycles. The molecule has 0 radical (unpaired) electrons. The summed E-state index contributed by atoms with van der Waals surface area (Å²) in [5.74, 6) is 0. The molecular weight excluding hydrogens is 304 g/mol. The average molecular weight is 313 g/mol. The van der Waals surface area contributed by atoms with Crippen LogP contribution in [-0.2, 0) is 0 Å². The van der Waals surface area contributed by atoms with Crippen LogP contribution in [0.25, 0.3) is 30.9 Å². The van der Waals surface area contributed by atoms with E-state index in [0.717, 1.165) is 4.47 Å². The van der Waals surface area contributed by atoms with Crippen molar-refractivity contribution in [3.63, 3.8) is 0 Å². The molecule has 0 fully saturated rings. The fourth-order valence-corrected chi connectivity index (χ4v) is 4.09. The largest absolute Gasteiger partial charge is 0.135 e. The third kappa shape index (κ3) is 1.43. The third-order valence-corrected chi connectivity index (χ3v) is 5.15. The maximum absolute atomic E-state index is 3.64. The highest BCUT2D eigenvalue weighted by Crippen LogP contribution is 2.37. The zero-order chi connectivity index (χ0) is 12.1. The lowest BCUT2D eigenvalue weighted by atomic mass is 10.1. The van der Waals surface area contributed by atoms with E-state index in [2.05, 4.69) is 70.5 Å². The van der Waals surface area contributed by atoms with Crippen LogP contribution >= 0.6 is 27.3 Å². The molecule has 1 aromatic heterocycles. The van der Waals surface area contributed by atoms with Gasteiger partial charge in [-0.1, -0.05) is 46.3 Å². The van der Waals surface area contributed by atoms with Gasteiger partial charge in [-0.3, -0.25) is 0 Å². The number of fused-ring (bicyclic) bond motifs is 4. The molecule has 0 saturated carbocycles. The van der Waals surface area contributed by atoms with Crippen molar-refractivity contribution in [1.29, 1.82) is 0 Å². The van der Waals surface area contributed by atoms with Gasteiger partial charge in [-0.25, -0.2) is 0 Å². The zero-order valence-corrected chi connectivity index (χ0v) is 11.9. The van der Waals surface area contributed by atoms with Crippen LogP contribution in [0.15, 0.2) is 59.1 Å². The number of rotatable bonds is 0. The fourth-order valence-electron chi connectivity index (χ4n) is 2.46. The molecule has 0 aliphatic rings. The Kier molecular flexibility index (Phi) is 2.23. The smallest absolute Gasteiger partial charge is 0.0361 e. The summed E-state index contributed by atoms with van der Waals surface area (Å²) in [7, 11) is 0. The van der Waals surface area contributed by atoms with Gasteiger partial charge in [0.15, 0.2) is 0 Å². The summed E-state index contributed by atoms with van der Waals surface area (Å²) in [5.41, 5.74) is 0. The Bertz CT molecular complexity index is 889. The van der Waals surface area contributed by atoms with Gasteiger partial charge < -0.3 is 0 Å². The first-order valence-electron chi connectivity index (χ1n) is 5.82. The van der Waals surface area contributed by atoms with Crippen molar-refractivity contribution < 1.29 is 0 Å². The molecule has 0 bridgehead atoms. The molecule has 0 nitrogen and oxygen atoms in total. The first kappa shape index (κ1) is 10.5. The first-order chi connectivity index (χ1) is 8.83. The summed E-state index contributed by atoms with van der Waals surface area (Å²) in [6, 6.07) is 19.6. The van der Waals surface area contributed by atoms with E-state index in [-0.39, 0.29) is 0 Å². The van der Waals surface area contributed by atoms with Gasteiger partial charge in [0.1, 0.15) is 0 Å². The van der Waals surface area contributed by atoms with E-state index >= 15 is 0 Å². The molecule has 86 valence electrons. The van der Waals surface area contributed by atoms with Crippen LogP contribution in [0.4, 0.5) is 0 Å². The lowest BCUT2D eigenvalue weighted by Gasteiger charge is -2.01. The minimum Gasteiger partial charge on any atom is -0.135 e. The second-order valence-corrected chi connectivity index (χ2v) is 6.35. The average Bonchev–Trinajstić information content (AvgIpc) is 2.75. The molecule has 4 rings (SSSR count). The predicted molar refractivity (Wildman–Crippen MR) is 84.5 cm³/mol. The number of halogens is 1. The highest BCUT2D eigenvalue weighted by molar-refractivity contribution is 9.10. The topological polar surface area (TPSA) is 0 Å². The van der Waals surface area contributed by atoms with E-state index in [9.17, 15) is 0 Å². The Balaban J connectivity index is 2.28. The molecule has 0 saturated heterocycles. The van der Waals surface area contributed by atoms with Crippen LogP contribution in [0.2, 0.25) is 0 Å². The van der Waals surface area contributed by atoms with E-state index < -0.39 is 0 Å². The number of benzene rings is 3. The Morgan fingerprint density at radius 2 is 1.61 bits per heavy atom. The van der Waals surface area contributed by atoms with Gasteiger partial charge >= 0.3 is 0 Å². The molecule has 0 N–H and O–H groups in total. The van der Waals surface area contributed by atoms with Crippen molar-refractivity contribution in [2.75, 3.05) is 0 Å². The molecule has 0 atom stereocenters. The molecule has 2 heteroatoms. The maximum Gasteiger partial charge on any atom is 0.0361 e. The lowest BCUT2D eigenvalue weighted by Crippen LogP contribution is -1.74. The molecule has 1 heterocycles. The van der Waals surface area contributed by atoms with Crippen LogP contribution < -0.4 is 0 Å². The molecule has 0 spiro atoms. The Morgan fingerprint density at radius 1 is 0.722 bits per heavy atom. The summed E-state index contributed by atoms with van der Waals surface area (Å²) in [6.45, 7) is 0. The SMILES string of the molecule is Brc1cccc2cc3sc4ccccc4c3cc12. The van der Waals surface area contributed by atoms with Gasteiger partial charge in [-0.15, -0.1) is 11.3 Å². The van der Waals surface area contributed by atoms with Crippen molar-refractivity contribution in [2.45, 2.75) is 0 Å². The van der Waals surface area contributed by atoms with Gasteiger partial charge in [0.05, 0.1) is 0 Å². The van der Waals surface area contributed by atoms with E-state index in [1.165, 1.54) is 30.9 Å². The van der Waals surface area contributed by atoms with Gasteiger partial charge in [-0.05, 0) is 35.0 Å². The van der Waals surface area contributed by atoms with Gasteiger partial charge in [0.25, 0.3) is 0 Å². The maximum atomic E-state index is 3.64. The fraction of sp³-hybridized carbons (Fsp3) is 0. The summed E-state index contributed by atoms with van der Waals surface area (Å²) in [5, 5.41) is 5.29. The van der Waals surface area contributed by atoms with E-state index in [0.29, 0.717) is 0 Å². The van der Waals surface area contributed by atoms with Gasteiger partial charge in [0.2, 0.25) is 0 Å². The lowest BCUT2D eigenvalue weighted by molar-refractivity contribution is 1.76. The van der Waals surface area contributed by atoms with Crippen molar-refractivity contribution in [3.8, 4) is 0 Å². The van der Waals surface area contributed by atoms with E-state index in [1.807, 2.05) is 11.3 Å². The normalized spacial score (nSPS) is 11.6. The molecule has 18 heavy (non-hydrogen) atoms. The minimum absolute atomic E-state index is 1.16. The monoisotopic (exact) mass is 312 g/mol. The van der Waals surface area contributed by atoms with E-state index in [4.69, 9.17) is 0 Å². The van der Waals surface area contributed by atoms with Crippen LogP contribution in [0.3, 0.4) is 0 Å². The van der Waals surface area contributed by atoms with Crippen molar-refractivity contribution >= 4 is 58.2 Å². The zero-order valence-electron chi connectivity index (χ0n) is 9.48. The molecule has 3 aromatic carbocycles. The first-order valence-corrected chi connectivity index (χ1v) is 7.43. The summed E-state index contributed by atoms with van der Waals surface area (Å²) in [4.78, 5) is 0.